The fraction of sp³-hybridized carbons (Fsp3) is 0.333. The van der Waals surface area contributed by atoms with E-state index in [-0.39, 0.29) is 5.91 Å². The Kier molecular flexibility index (Phi) is 4.39. The third kappa shape index (κ3) is 3.17. The van der Waals surface area contributed by atoms with Crippen LogP contribution in [0.1, 0.15) is 33.4 Å². The smallest absolute Gasteiger partial charge is 0.257 e. The van der Waals surface area contributed by atoms with E-state index in [9.17, 15) is 4.79 Å². The SMILES string of the molecule is CCNc1ccc(C(=O)Nc2nc(C)c(C)s2)cc1C. The average Bonchev–Trinajstić information content (AvgIpc) is 2.71. The second-order valence-corrected chi connectivity index (χ2v) is 5.88. The maximum atomic E-state index is 12.2. The summed E-state index contributed by atoms with van der Waals surface area (Å²) in [5.41, 5.74) is 3.73. The maximum absolute atomic E-state index is 12.2. The minimum atomic E-state index is -0.120. The van der Waals surface area contributed by atoms with E-state index in [0.717, 1.165) is 28.4 Å². The number of nitrogens with one attached hydrogen (secondary N) is 2. The summed E-state index contributed by atoms with van der Waals surface area (Å²) in [5, 5.41) is 6.76. The van der Waals surface area contributed by atoms with Crippen molar-refractivity contribution in [3.8, 4) is 0 Å². The first-order chi connectivity index (χ1) is 9.51. The first kappa shape index (κ1) is 14.5. The van der Waals surface area contributed by atoms with Crippen molar-refractivity contribution in [3.05, 3.63) is 39.9 Å². The van der Waals surface area contributed by atoms with Crippen LogP contribution in [0.2, 0.25) is 0 Å². The predicted octanol–water partition coefficient (Wildman–Crippen LogP) is 3.75. The molecule has 0 spiro atoms. The number of aryl methyl sites for hydroxylation is 3. The van der Waals surface area contributed by atoms with E-state index in [1.54, 1.807) is 0 Å². The van der Waals surface area contributed by atoms with Crippen molar-refractivity contribution in [3.63, 3.8) is 0 Å². The van der Waals surface area contributed by atoms with Gasteiger partial charge < -0.3 is 5.32 Å². The summed E-state index contributed by atoms with van der Waals surface area (Å²) >= 11 is 1.50. The second kappa shape index (κ2) is 6.05. The molecule has 0 bridgehead atoms. The summed E-state index contributed by atoms with van der Waals surface area (Å²) in [6.07, 6.45) is 0. The van der Waals surface area contributed by atoms with Gasteiger partial charge in [-0.15, -0.1) is 11.3 Å². The second-order valence-electron chi connectivity index (χ2n) is 4.67. The van der Waals surface area contributed by atoms with Crippen molar-refractivity contribution in [2.75, 3.05) is 17.2 Å². The first-order valence-corrected chi connectivity index (χ1v) is 7.42. The van der Waals surface area contributed by atoms with Crippen LogP contribution in [0.25, 0.3) is 0 Å². The summed E-state index contributed by atoms with van der Waals surface area (Å²) < 4.78 is 0. The van der Waals surface area contributed by atoms with Gasteiger partial charge in [-0.05, 0) is 51.5 Å². The van der Waals surface area contributed by atoms with E-state index in [2.05, 4.69) is 15.6 Å². The van der Waals surface area contributed by atoms with Crippen LogP contribution < -0.4 is 10.6 Å². The molecule has 2 aromatic rings. The number of nitrogens with zero attached hydrogens (tertiary/aromatic N) is 1. The average molecular weight is 289 g/mol. The third-order valence-corrected chi connectivity index (χ3v) is 4.09. The zero-order chi connectivity index (χ0) is 14.7. The normalized spacial score (nSPS) is 10.4. The lowest BCUT2D eigenvalue weighted by molar-refractivity contribution is 0.102. The highest BCUT2D eigenvalue weighted by atomic mass is 32.1. The molecule has 5 heteroatoms. The maximum Gasteiger partial charge on any atom is 0.257 e. The van der Waals surface area contributed by atoms with Gasteiger partial charge in [0.25, 0.3) is 5.91 Å². The van der Waals surface area contributed by atoms with Gasteiger partial charge in [0.05, 0.1) is 5.69 Å². The van der Waals surface area contributed by atoms with Crippen LogP contribution >= 0.6 is 11.3 Å². The van der Waals surface area contributed by atoms with E-state index in [1.165, 1.54) is 11.3 Å². The van der Waals surface area contributed by atoms with E-state index in [0.29, 0.717) is 10.7 Å². The molecule has 1 aromatic carbocycles. The number of anilines is 2. The lowest BCUT2D eigenvalue weighted by Crippen LogP contribution is -2.12. The number of thiazole rings is 1. The molecular formula is C15H19N3OS. The van der Waals surface area contributed by atoms with Crippen molar-refractivity contribution >= 4 is 28.1 Å². The van der Waals surface area contributed by atoms with Crippen molar-refractivity contribution < 1.29 is 4.79 Å². The number of benzene rings is 1. The van der Waals surface area contributed by atoms with Crippen molar-refractivity contribution in [2.24, 2.45) is 0 Å². The molecular weight excluding hydrogens is 270 g/mol. The van der Waals surface area contributed by atoms with E-state index in [4.69, 9.17) is 0 Å². The molecule has 0 saturated carbocycles. The molecule has 106 valence electrons. The molecule has 2 N–H and O–H groups in total. The number of hydrogen-bond acceptors (Lipinski definition) is 4. The summed E-state index contributed by atoms with van der Waals surface area (Å²) in [6.45, 7) is 8.85. The number of carbonyl (C=O) groups is 1. The van der Waals surface area contributed by atoms with Gasteiger partial charge in [-0.25, -0.2) is 4.98 Å². The Labute approximate surface area is 123 Å². The first-order valence-electron chi connectivity index (χ1n) is 6.61. The highest BCUT2D eigenvalue weighted by Crippen LogP contribution is 2.22. The van der Waals surface area contributed by atoms with Crippen LogP contribution in [-0.4, -0.2) is 17.4 Å². The molecule has 0 saturated heterocycles. The van der Waals surface area contributed by atoms with E-state index >= 15 is 0 Å². The van der Waals surface area contributed by atoms with E-state index < -0.39 is 0 Å². The fourth-order valence-electron chi connectivity index (χ4n) is 1.89. The van der Waals surface area contributed by atoms with Crippen molar-refractivity contribution in [1.82, 2.24) is 4.98 Å². The topological polar surface area (TPSA) is 54.0 Å². The summed E-state index contributed by atoms with van der Waals surface area (Å²) in [4.78, 5) is 17.6. The standard InChI is InChI=1S/C15H19N3OS/c1-5-16-13-7-6-12(8-9(13)2)14(19)18-15-17-10(3)11(4)20-15/h6-8,16H,5H2,1-4H3,(H,17,18,19). The van der Waals surface area contributed by atoms with Crippen LogP contribution in [0.4, 0.5) is 10.8 Å². The Balaban J connectivity index is 2.15. The molecule has 1 amide bonds. The predicted molar refractivity (Wildman–Crippen MR) is 84.9 cm³/mol. The molecule has 0 atom stereocenters. The van der Waals surface area contributed by atoms with E-state index in [1.807, 2.05) is 45.9 Å². The van der Waals surface area contributed by atoms with Gasteiger partial charge >= 0.3 is 0 Å². The molecule has 0 aliphatic rings. The Morgan fingerprint density at radius 1 is 1.30 bits per heavy atom. The van der Waals surface area contributed by atoms with Gasteiger partial charge in [-0.2, -0.15) is 0 Å². The quantitative estimate of drug-likeness (QED) is 0.901. The molecule has 0 radical (unpaired) electrons. The Morgan fingerprint density at radius 2 is 2.05 bits per heavy atom. The zero-order valence-electron chi connectivity index (χ0n) is 12.2. The summed E-state index contributed by atoms with van der Waals surface area (Å²) in [6, 6.07) is 5.65. The molecule has 0 aliphatic heterocycles. The van der Waals surface area contributed by atoms with Crippen LogP contribution in [0.15, 0.2) is 18.2 Å². The number of carbonyl (C=O) groups excluding carboxylic acids is 1. The number of aromatic nitrogens is 1. The summed E-state index contributed by atoms with van der Waals surface area (Å²) in [7, 11) is 0. The van der Waals surface area contributed by atoms with Gasteiger partial charge in [0, 0.05) is 22.7 Å². The largest absolute Gasteiger partial charge is 0.385 e. The van der Waals surface area contributed by atoms with Gasteiger partial charge in [0.1, 0.15) is 0 Å². The minimum absolute atomic E-state index is 0.120. The molecule has 4 nitrogen and oxygen atoms in total. The Morgan fingerprint density at radius 3 is 2.60 bits per heavy atom. The molecule has 0 fully saturated rings. The molecule has 0 unspecified atom stereocenters. The molecule has 2 rings (SSSR count). The molecule has 20 heavy (non-hydrogen) atoms. The van der Waals surface area contributed by atoms with Gasteiger partial charge in [0.15, 0.2) is 5.13 Å². The van der Waals surface area contributed by atoms with Gasteiger partial charge in [0.2, 0.25) is 0 Å². The lowest BCUT2D eigenvalue weighted by Gasteiger charge is -2.09. The van der Waals surface area contributed by atoms with Crippen LogP contribution in [0.5, 0.6) is 0 Å². The number of rotatable bonds is 4. The number of hydrogen-bond donors (Lipinski definition) is 2. The van der Waals surface area contributed by atoms with Crippen LogP contribution in [0.3, 0.4) is 0 Å². The number of amides is 1. The fourth-order valence-corrected chi connectivity index (χ4v) is 2.70. The molecule has 1 aromatic heterocycles. The highest BCUT2D eigenvalue weighted by Gasteiger charge is 2.11. The molecule has 1 heterocycles. The monoisotopic (exact) mass is 289 g/mol. The Hall–Kier alpha value is -1.88. The third-order valence-electron chi connectivity index (χ3n) is 3.10. The van der Waals surface area contributed by atoms with Crippen molar-refractivity contribution in [2.45, 2.75) is 27.7 Å². The van der Waals surface area contributed by atoms with Crippen LogP contribution in [-0.2, 0) is 0 Å². The lowest BCUT2D eigenvalue weighted by atomic mass is 10.1. The van der Waals surface area contributed by atoms with Crippen LogP contribution in [0, 0.1) is 20.8 Å². The van der Waals surface area contributed by atoms with Gasteiger partial charge in [-0.3, -0.25) is 10.1 Å². The highest BCUT2D eigenvalue weighted by molar-refractivity contribution is 7.15. The molecule has 0 aliphatic carbocycles. The zero-order valence-corrected chi connectivity index (χ0v) is 13.0. The Bertz CT molecular complexity index is 615. The minimum Gasteiger partial charge on any atom is -0.385 e. The summed E-state index contributed by atoms with van der Waals surface area (Å²) in [5.74, 6) is -0.120. The van der Waals surface area contributed by atoms with Crippen molar-refractivity contribution in [1.29, 1.82) is 0 Å². The van der Waals surface area contributed by atoms with Gasteiger partial charge in [-0.1, -0.05) is 0 Å².